The van der Waals surface area contributed by atoms with Gasteiger partial charge in [-0.1, -0.05) is 0 Å². The van der Waals surface area contributed by atoms with Crippen molar-refractivity contribution in [3.05, 3.63) is 0 Å². The van der Waals surface area contributed by atoms with Crippen molar-refractivity contribution in [2.45, 2.75) is 55.8 Å². The first-order valence-electron chi connectivity index (χ1n) is 6.08. The summed E-state index contributed by atoms with van der Waals surface area (Å²) in [5.41, 5.74) is 4.51. The van der Waals surface area contributed by atoms with E-state index in [0.29, 0.717) is 25.7 Å². The van der Waals surface area contributed by atoms with E-state index >= 15 is 0 Å². The van der Waals surface area contributed by atoms with Crippen molar-refractivity contribution in [3.63, 3.8) is 0 Å². The molecular formula is C11H16F5NO3. The molecule has 0 atom stereocenters. The van der Waals surface area contributed by atoms with Gasteiger partial charge in [0.15, 0.2) is 0 Å². The SMILES string of the molecule is NC1CCC2(CC1)OCCC2(F)F.O=C(O)C(F)(F)F. The molecule has 1 saturated carbocycles. The third kappa shape index (κ3) is 3.78. The predicted octanol–water partition coefficient (Wildman–Crippen LogP) is 2.32. The third-order valence-electron chi connectivity index (χ3n) is 3.54. The van der Waals surface area contributed by atoms with Crippen molar-refractivity contribution >= 4 is 5.97 Å². The molecule has 20 heavy (non-hydrogen) atoms. The van der Waals surface area contributed by atoms with E-state index < -0.39 is 23.7 Å². The van der Waals surface area contributed by atoms with Crippen molar-refractivity contribution in [2.24, 2.45) is 5.73 Å². The molecule has 1 spiro atoms. The Bertz CT molecular complexity index is 350. The highest BCUT2D eigenvalue weighted by atomic mass is 19.4. The number of hydrogen-bond acceptors (Lipinski definition) is 3. The number of aliphatic carboxylic acids is 1. The van der Waals surface area contributed by atoms with E-state index in [2.05, 4.69) is 0 Å². The quantitative estimate of drug-likeness (QED) is 0.674. The Morgan fingerprint density at radius 1 is 1.20 bits per heavy atom. The first-order valence-corrected chi connectivity index (χ1v) is 6.08. The minimum Gasteiger partial charge on any atom is -0.475 e. The van der Waals surface area contributed by atoms with Crippen LogP contribution < -0.4 is 5.73 Å². The summed E-state index contributed by atoms with van der Waals surface area (Å²) >= 11 is 0. The predicted molar refractivity (Wildman–Crippen MR) is 58.4 cm³/mol. The standard InChI is InChI=1S/C9H15F2NO.C2HF3O2/c10-9(11)5-6-13-8(9)3-1-7(12)2-4-8;3-2(4,5)1(6)7/h7H,1-6,12H2;(H,6,7). The average Bonchev–Trinajstić information content (AvgIpc) is 2.58. The Labute approximate surface area is 112 Å². The summed E-state index contributed by atoms with van der Waals surface area (Å²) in [4.78, 5) is 8.90. The van der Waals surface area contributed by atoms with Gasteiger partial charge in [0.2, 0.25) is 0 Å². The molecule has 4 nitrogen and oxygen atoms in total. The minimum absolute atomic E-state index is 0.0885. The first-order chi connectivity index (χ1) is 9.00. The van der Waals surface area contributed by atoms with Crippen molar-refractivity contribution in [1.82, 2.24) is 0 Å². The van der Waals surface area contributed by atoms with Gasteiger partial charge in [0.25, 0.3) is 5.92 Å². The molecule has 1 heterocycles. The summed E-state index contributed by atoms with van der Waals surface area (Å²) in [6.07, 6.45) is -3.05. The zero-order valence-electron chi connectivity index (χ0n) is 10.6. The fourth-order valence-electron chi connectivity index (χ4n) is 2.32. The van der Waals surface area contributed by atoms with Gasteiger partial charge in [-0.2, -0.15) is 13.2 Å². The van der Waals surface area contributed by atoms with Crippen LogP contribution in [0.15, 0.2) is 0 Å². The highest BCUT2D eigenvalue weighted by Gasteiger charge is 2.58. The summed E-state index contributed by atoms with van der Waals surface area (Å²) in [5, 5.41) is 7.12. The number of rotatable bonds is 0. The lowest BCUT2D eigenvalue weighted by atomic mass is 9.78. The molecule has 2 rings (SSSR count). The van der Waals surface area contributed by atoms with Crippen LogP contribution in [0.1, 0.15) is 32.1 Å². The fraction of sp³-hybridized carbons (Fsp3) is 0.909. The monoisotopic (exact) mass is 305 g/mol. The maximum atomic E-state index is 13.4. The van der Waals surface area contributed by atoms with Gasteiger partial charge in [0, 0.05) is 12.5 Å². The van der Waals surface area contributed by atoms with Crippen LogP contribution in [0.2, 0.25) is 0 Å². The zero-order chi connectivity index (χ0) is 15.6. The second-order valence-corrected chi connectivity index (χ2v) is 4.94. The number of ether oxygens (including phenoxy) is 1. The summed E-state index contributed by atoms with van der Waals surface area (Å²) in [5.74, 6) is -5.39. The Balaban J connectivity index is 0.000000246. The molecule has 1 aliphatic heterocycles. The molecule has 9 heteroatoms. The number of carbonyl (C=O) groups is 1. The second-order valence-electron chi connectivity index (χ2n) is 4.94. The first kappa shape index (κ1) is 17.1. The number of halogens is 5. The molecule has 1 saturated heterocycles. The van der Waals surface area contributed by atoms with Crippen molar-refractivity contribution in [3.8, 4) is 0 Å². The van der Waals surface area contributed by atoms with Gasteiger partial charge in [-0.3, -0.25) is 0 Å². The van der Waals surface area contributed by atoms with Gasteiger partial charge in [-0.05, 0) is 25.7 Å². The van der Waals surface area contributed by atoms with E-state index in [4.69, 9.17) is 20.4 Å². The summed E-state index contributed by atoms with van der Waals surface area (Å²) in [6, 6.07) is 0.0885. The molecule has 1 aliphatic carbocycles. The van der Waals surface area contributed by atoms with Gasteiger partial charge < -0.3 is 15.6 Å². The Morgan fingerprint density at radius 3 is 1.95 bits per heavy atom. The average molecular weight is 305 g/mol. The highest BCUT2D eigenvalue weighted by Crippen LogP contribution is 2.48. The molecule has 3 N–H and O–H groups in total. The van der Waals surface area contributed by atoms with Crippen LogP contribution in [0, 0.1) is 0 Å². The summed E-state index contributed by atoms with van der Waals surface area (Å²) in [7, 11) is 0. The largest absolute Gasteiger partial charge is 0.490 e. The van der Waals surface area contributed by atoms with Crippen molar-refractivity contribution in [2.75, 3.05) is 6.61 Å². The molecule has 0 aromatic rings. The van der Waals surface area contributed by atoms with Crippen LogP contribution in [0.4, 0.5) is 22.0 Å². The number of carboxylic acid groups (broad SMARTS) is 1. The van der Waals surface area contributed by atoms with E-state index in [1.54, 1.807) is 0 Å². The van der Waals surface area contributed by atoms with Crippen molar-refractivity contribution in [1.29, 1.82) is 0 Å². The third-order valence-corrected chi connectivity index (χ3v) is 3.54. The van der Waals surface area contributed by atoms with Gasteiger partial charge in [0.1, 0.15) is 5.60 Å². The van der Waals surface area contributed by atoms with E-state index in [1.165, 1.54) is 0 Å². The van der Waals surface area contributed by atoms with Crippen molar-refractivity contribution < 1.29 is 36.6 Å². The topological polar surface area (TPSA) is 72.5 Å². The minimum atomic E-state index is -5.08. The number of carboxylic acids is 1. The lowest BCUT2D eigenvalue weighted by molar-refractivity contribution is -0.192. The summed E-state index contributed by atoms with van der Waals surface area (Å²) in [6.45, 7) is 0.197. The van der Waals surface area contributed by atoms with Crippen LogP contribution in [-0.2, 0) is 9.53 Å². The molecular weight excluding hydrogens is 289 g/mol. The van der Waals surface area contributed by atoms with Gasteiger partial charge in [-0.25, -0.2) is 13.6 Å². The normalized spacial score (nSPS) is 32.6. The maximum absolute atomic E-state index is 13.4. The van der Waals surface area contributed by atoms with Gasteiger partial charge in [-0.15, -0.1) is 0 Å². The zero-order valence-corrected chi connectivity index (χ0v) is 10.6. The van der Waals surface area contributed by atoms with E-state index in [9.17, 15) is 22.0 Å². The molecule has 0 bridgehead atoms. The Morgan fingerprint density at radius 2 is 1.65 bits per heavy atom. The second kappa shape index (κ2) is 5.80. The van der Waals surface area contributed by atoms with Crippen LogP contribution in [-0.4, -0.2) is 41.4 Å². The fourth-order valence-corrected chi connectivity index (χ4v) is 2.32. The molecule has 2 fully saturated rings. The Kier molecular flexibility index (Phi) is 4.96. The molecule has 2 aliphatic rings. The lowest BCUT2D eigenvalue weighted by Gasteiger charge is -2.38. The number of hydrogen-bond donors (Lipinski definition) is 2. The van der Waals surface area contributed by atoms with Crippen LogP contribution in [0.5, 0.6) is 0 Å². The molecule has 0 aromatic carbocycles. The number of nitrogens with two attached hydrogens (primary N) is 1. The molecule has 118 valence electrons. The van der Waals surface area contributed by atoms with E-state index in [-0.39, 0.29) is 19.1 Å². The Hall–Kier alpha value is -0.960. The maximum Gasteiger partial charge on any atom is 0.490 e. The van der Waals surface area contributed by atoms with Gasteiger partial charge >= 0.3 is 12.1 Å². The highest BCUT2D eigenvalue weighted by molar-refractivity contribution is 5.73. The van der Waals surface area contributed by atoms with E-state index in [0.717, 1.165) is 0 Å². The summed E-state index contributed by atoms with van der Waals surface area (Å²) < 4.78 is 63.9. The number of alkyl halides is 5. The van der Waals surface area contributed by atoms with Crippen LogP contribution in [0.3, 0.4) is 0 Å². The van der Waals surface area contributed by atoms with Crippen LogP contribution >= 0.6 is 0 Å². The molecule has 0 aromatic heterocycles. The lowest BCUT2D eigenvalue weighted by Crippen LogP contribution is -2.49. The smallest absolute Gasteiger partial charge is 0.475 e. The molecule has 0 radical (unpaired) electrons. The molecule has 0 amide bonds. The van der Waals surface area contributed by atoms with Gasteiger partial charge in [0.05, 0.1) is 6.61 Å². The van der Waals surface area contributed by atoms with Crippen LogP contribution in [0.25, 0.3) is 0 Å². The van der Waals surface area contributed by atoms with E-state index in [1.807, 2.05) is 0 Å². The molecule has 0 unspecified atom stereocenters.